The number of anilines is 2. The molecule has 0 saturated carbocycles. The van der Waals surface area contributed by atoms with Gasteiger partial charge in [0.1, 0.15) is 5.75 Å². The molecule has 0 radical (unpaired) electrons. The van der Waals surface area contributed by atoms with Crippen LogP contribution in [-0.4, -0.2) is 16.0 Å². The summed E-state index contributed by atoms with van der Waals surface area (Å²) in [6.07, 6.45) is 1.87. The molecule has 0 aliphatic carbocycles. The third kappa shape index (κ3) is 3.95. The molecule has 5 heteroatoms. The molecule has 0 unspecified atom stereocenters. The molecule has 0 bridgehead atoms. The number of carbonyl (C=O) groups is 1. The van der Waals surface area contributed by atoms with Crippen molar-refractivity contribution in [1.82, 2.24) is 4.98 Å². The number of hydrogen-bond acceptors (Lipinski definition) is 4. The minimum atomic E-state index is -0.00421. The maximum Gasteiger partial charge on any atom is 0.224 e. The van der Waals surface area contributed by atoms with E-state index in [1.54, 1.807) is 12.1 Å². The molecule has 0 spiro atoms. The third-order valence-electron chi connectivity index (χ3n) is 3.20. The summed E-state index contributed by atoms with van der Waals surface area (Å²) in [6, 6.07) is 9.10. The molecular weight excluding hydrogens is 266 g/mol. The first kappa shape index (κ1) is 14.8. The Hall–Kier alpha value is -2.56. The van der Waals surface area contributed by atoms with Crippen molar-refractivity contribution in [1.29, 1.82) is 0 Å². The van der Waals surface area contributed by atoms with Gasteiger partial charge in [0, 0.05) is 17.8 Å². The minimum Gasteiger partial charge on any atom is -0.506 e. The molecule has 1 aromatic carbocycles. The first-order valence-corrected chi connectivity index (χ1v) is 6.87. The van der Waals surface area contributed by atoms with Crippen molar-refractivity contribution >= 4 is 17.3 Å². The molecule has 0 aliphatic rings. The van der Waals surface area contributed by atoms with Crippen LogP contribution < -0.4 is 10.6 Å². The number of amides is 1. The van der Waals surface area contributed by atoms with Gasteiger partial charge in [-0.1, -0.05) is 13.0 Å². The summed E-state index contributed by atoms with van der Waals surface area (Å²) < 4.78 is 0. The van der Waals surface area contributed by atoms with Gasteiger partial charge < -0.3 is 15.7 Å². The molecule has 0 atom stereocenters. The van der Waals surface area contributed by atoms with Gasteiger partial charge in [-0.2, -0.15) is 0 Å². The van der Waals surface area contributed by atoms with Gasteiger partial charge >= 0.3 is 0 Å². The van der Waals surface area contributed by atoms with Gasteiger partial charge in [0.15, 0.2) is 0 Å². The molecule has 3 N–H and O–H groups in total. The quantitative estimate of drug-likeness (QED) is 0.789. The zero-order valence-corrected chi connectivity index (χ0v) is 12.2. The number of carbonyl (C=O) groups excluding carboxylic acids is 1. The number of rotatable bonds is 5. The van der Waals surface area contributed by atoms with Crippen LogP contribution in [0, 0.1) is 6.92 Å². The van der Waals surface area contributed by atoms with Gasteiger partial charge in [-0.3, -0.25) is 9.78 Å². The number of benzene rings is 1. The smallest absolute Gasteiger partial charge is 0.224 e. The Morgan fingerprint density at radius 1 is 1.24 bits per heavy atom. The zero-order chi connectivity index (χ0) is 15.2. The second-order valence-electron chi connectivity index (χ2n) is 4.74. The standard InChI is InChI=1S/C16H19N3O2/c1-3-16(21)19-15-6-4-5-14(11(15)2)18-9-12-7-8-13(20)10-17-12/h4-8,10,18,20H,3,9H2,1-2H3,(H,19,21). The Morgan fingerprint density at radius 3 is 2.67 bits per heavy atom. The third-order valence-corrected chi connectivity index (χ3v) is 3.20. The maximum atomic E-state index is 11.5. The van der Waals surface area contributed by atoms with Gasteiger partial charge in [0.2, 0.25) is 5.91 Å². The molecule has 0 aliphatic heterocycles. The van der Waals surface area contributed by atoms with Crippen LogP contribution in [0.25, 0.3) is 0 Å². The lowest BCUT2D eigenvalue weighted by Gasteiger charge is -2.13. The van der Waals surface area contributed by atoms with Crippen molar-refractivity contribution in [2.24, 2.45) is 0 Å². The van der Waals surface area contributed by atoms with E-state index in [1.807, 2.05) is 32.0 Å². The van der Waals surface area contributed by atoms with E-state index in [0.717, 1.165) is 22.6 Å². The summed E-state index contributed by atoms with van der Waals surface area (Å²) in [4.78, 5) is 15.6. The molecule has 1 amide bonds. The number of pyridine rings is 1. The highest BCUT2D eigenvalue weighted by atomic mass is 16.3. The summed E-state index contributed by atoms with van der Waals surface area (Å²) in [5.41, 5.74) is 3.57. The van der Waals surface area contributed by atoms with Crippen LogP contribution in [0.4, 0.5) is 11.4 Å². The summed E-state index contributed by atoms with van der Waals surface area (Å²) in [6.45, 7) is 4.33. The van der Waals surface area contributed by atoms with Crippen molar-refractivity contribution < 1.29 is 9.90 Å². The topological polar surface area (TPSA) is 74.2 Å². The van der Waals surface area contributed by atoms with Crippen LogP contribution in [0.15, 0.2) is 36.5 Å². The second-order valence-corrected chi connectivity index (χ2v) is 4.74. The van der Waals surface area contributed by atoms with Crippen LogP contribution in [0.1, 0.15) is 24.6 Å². The Kier molecular flexibility index (Phi) is 4.77. The first-order chi connectivity index (χ1) is 10.1. The number of nitrogens with one attached hydrogen (secondary N) is 2. The maximum absolute atomic E-state index is 11.5. The normalized spacial score (nSPS) is 10.2. The van der Waals surface area contributed by atoms with E-state index in [1.165, 1.54) is 6.20 Å². The molecule has 1 aromatic heterocycles. The summed E-state index contributed by atoms with van der Waals surface area (Å²) in [7, 11) is 0. The summed E-state index contributed by atoms with van der Waals surface area (Å²) >= 11 is 0. The fourth-order valence-electron chi connectivity index (χ4n) is 1.91. The van der Waals surface area contributed by atoms with E-state index < -0.39 is 0 Å². The van der Waals surface area contributed by atoms with Crippen molar-refractivity contribution in [3.8, 4) is 5.75 Å². The molecule has 0 fully saturated rings. The van der Waals surface area contributed by atoms with Gasteiger partial charge in [-0.15, -0.1) is 0 Å². The fraction of sp³-hybridized carbons (Fsp3) is 0.250. The van der Waals surface area contributed by atoms with Gasteiger partial charge in [0.05, 0.1) is 18.4 Å². The van der Waals surface area contributed by atoms with E-state index in [4.69, 9.17) is 0 Å². The largest absolute Gasteiger partial charge is 0.506 e. The number of aromatic nitrogens is 1. The number of hydrogen-bond donors (Lipinski definition) is 3. The Morgan fingerprint density at radius 2 is 2.00 bits per heavy atom. The van der Waals surface area contributed by atoms with Gasteiger partial charge in [-0.05, 0) is 36.8 Å². The van der Waals surface area contributed by atoms with Crippen molar-refractivity contribution in [3.63, 3.8) is 0 Å². The SMILES string of the molecule is CCC(=O)Nc1cccc(NCc2ccc(O)cn2)c1C. The molecular formula is C16H19N3O2. The molecule has 5 nitrogen and oxygen atoms in total. The Labute approximate surface area is 124 Å². The predicted octanol–water partition coefficient (Wildman–Crippen LogP) is 3.06. The highest BCUT2D eigenvalue weighted by Crippen LogP contribution is 2.24. The molecule has 1 heterocycles. The molecule has 0 saturated heterocycles. The van der Waals surface area contributed by atoms with E-state index in [0.29, 0.717) is 13.0 Å². The molecule has 110 valence electrons. The van der Waals surface area contributed by atoms with E-state index in [2.05, 4.69) is 15.6 Å². The lowest BCUT2D eigenvalue weighted by molar-refractivity contribution is -0.115. The average Bonchev–Trinajstić information content (AvgIpc) is 2.49. The fourth-order valence-corrected chi connectivity index (χ4v) is 1.91. The lowest BCUT2D eigenvalue weighted by Crippen LogP contribution is -2.11. The van der Waals surface area contributed by atoms with Crippen LogP contribution in [0.2, 0.25) is 0 Å². The second kappa shape index (κ2) is 6.74. The van der Waals surface area contributed by atoms with Crippen molar-refractivity contribution in [3.05, 3.63) is 47.8 Å². The number of aromatic hydroxyl groups is 1. The van der Waals surface area contributed by atoms with E-state index in [-0.39, 0.29) is 11.7 Å². The van der Waals surface area contributed by atoms with Gasteiger partial charge in [-0.25, -0.2) is 0 Å². The lowest BCUT2D eigenvalue weighted by atomic mass is 10.1. The first-order valence-electron chi connectivity index (χ1n) is 6.87. The van der Waals surface area contributed by atoms with E-state index >= 15 is 0 Å². The molecule has 2 rings (SSSR count). The molecule has 21 heavy (non-hydrogen) atoms. The summed E-state index contributed by atoms with van der Waals surface area (Å²) in [5, 5.41) is 15.4. The Bertz CT molecular complexity index is 624. The average molecular weight is 285 g/mol. The highest BCUT2D eigenvalue weighted by Gasteiger charge is 2.06. The Balaban J connectivity index is 2.08. The van der Waals surface area contributed by atoms with Crippen LogP contribution in [-0.2, 0) is 11.3 Å². The van der Waals surface area contributed by atoms with Crippen LogP contribution in [0.3, 0.4) is 0 Å². The minimum absolute atomic E-state index is 0.00421. The predicted molar refractivity (Wildman–Crippen MR) is 83.3 cm³/mol. The van der Waals surface area contributed by atoms with Crippen LogP contribution in [0.5, 0.6) is 5.75 Å². The monoisotopic (exact) mass is 285 g/mol. The van der Waals surface area contributed by atoms with Gasteiger partial charge in [0.25, 0.3) is 0 Å². The highest BCUT2D eigenvalue weighted by molar-refractivity contribution is 5.92. The molecule has 2 aromatic rings. The van der Waals surface area contributed by atoms with Crippen molar-refractivity contribution in [2.45, 2.75) is 26.8 Å². The van der Waals surface area contributed by atoms with Crippen molar-refractivity contribution in [2.75, 3.05) is 10.6 Å². The zero-order valence-electron chi connectivity index (χ0n) is 12.2. The summed E-state index contributed by atoms with van der Waals surface area (Å²) in [5.74, 6) is 0.148. The number of nitrogens with zero attached hydrogens (tertiary/aromatic N) is 1. The van der Waals surface area contributed by atoms with Crippen LogP contribution >= 0.6 is 0 Å². The van der Waals surface area contributed by atoms with E-state index in [9.17, 15) is 9.90 Å².